The highest BCUT2D eigenvalue weighted by molar-refractivity contribution is 9.10. The molecular formula is C15H19BrClFN2O. The predicted octanol–water partition coefficient (Wildman–Crippen LogP) is 4.74. The van der Waals surface area contributed by atoms with Crippen molar-refractivity contribution in [2.75, 3.05) is 13.2 Å². The van der Waals surface area contributed by atoms with Gasteiger partial charge in [-0.25, -0.2) is 9.37 Å². The van der Waals surface area contributed by atoms with Crippen molar-refractivity contribution >= 4 is 38.6 Å². The lowest BCUT2D eigenvalue weighted by Gasteiger charge is -2.10. The average molecular weight is 378 g/mol. The summed E-state index contributed by atoms with van der Waals surface area (Å²) < 4.78 is 21.6. The van der Waals surface area contributed by atoms with Crippen molar-refractivity contribution in [2.45, 2.75) is 32.7 Å². The molecule has 0 fully saturated rings. The number of rotatable bonds is 7. The number of benzene rings is 1. The predicted molar refractivity (Wildman–Crippen MR) is 87.2 cm³/mol. The first-order valence-electron chi connectivity index (χ1n) is 7.00. The Hall–Kier alpha value is -0.650. The quantitative estimate of drug-likeness (QED) is 0.515. The summed E-state index contributed by atoms with van der Waals surface area (Å²) in [4.78, 5) is 4.39. The first kappa shape index (κ1) is 16.7. The maximum atomic E-state index is 13.6. The van der Waals surface area contributed by atoms with Crippen LogP contribution in [0.15, 0.2) is 16.6 Å². The van der Waals surface area contributed by atoms with Crippen molar-refractivity contribution in [3.8, 4) is 0 Å². The van der Waals surface area contributed by atoms with E-state index in [0.29, 0.717) is 28.4 Å². The molecule has 116 valence electrons. The minimum absolute atomic E-state index is 0.306. The van der Waals surface area contributed by atoms with Gasteiger partial charge in [0.05, 0.1) is 21.4 Å². The summed E-state index contributed by atoms with van der Waals surface area (Å²) in [6.45, 7) is 6.47. The lowest BCUT2D eigenvalue weighted by molar-refractivity contribution is 0.105. The Bertz CT molecular complexity index is 615. The van der Waals surface area contributed by atoms with Crippen LogP contribution in [0.5, 0.6) is 0 Å². The van der Waals surface area contributed by atoms with Crippen molar-refractivity contribution in [3.63, 3.8) is 0 Å². The van der Waals surface area contributed by atoms with Gasteiger partial charge >= 0.3 is 0 Å². The molecule has 0 spiro atoms. The molecule has 1 aromatic carbocycles. The van der Waals surface area contributed by atoms with Crippen molar-refractivity contribution < 1.29 is 9.13 Å². The topological polar surface area (TPSA) is 27.1 Å². The van der Waals surface area contributed by atoms with Crippen molar-refractivity contribution in [2.24, 2.45) is 5.92 Å². The van der Waals surface area contributed by atoms with Gasteiger partial charge in [-0.15, -0.1) is 11.6 Å². The number of alkyl halides is 1. The summed E-state index contributed by atoms with van der Waals surface area (Å²) in [5.41, 5.74) is 1.53. The van der Waals surface area contributed by atoms with Crippen LogP contribution in [-0.2, 0) is 17.2 Å². The SMILES string of the molecule is CC(C)COCCCn1c(CCl)nc2cc(F)c(Br)cc21. The van der Waals surface area contributed by atoms with Gasteiger partial charge in [0, 0.05) is 25.8 Å². The van der Waals surface area contributed by atoms with Gasteiger partial charge in [0.25, 0.3) is 0 Å². The molecule has 0 unspecified atom stereocenters. The van der Waals surface area contributed by atoms with E-state index >= 15 is 0 Å². The molecule has 2 rings (SSSR count). The molecule has 0 amide bonds. The molecule has 0 radical (unpaired) electrons. The second-order valence-corrected chi connectivity index (χ2v) is 6.51. The summed E-state index contributed by atoms with van der Waals surface area (Å²) in [6, 6.07) is 3.18. The molecule has 2 aromatic rings. The normalized spacial score (nSPS) is 11.7. The highest BCUT2D eigenvalue weighted by atomic mass is 79.9. The zero-order valence-electron chi connectivity index (χ0n) is 12.2. The molecule has 0 N–H and O–H groups in total. The number of aromatic nitrogens is 2. The molecule has 0 aliphatic carbocycles. The van der Waals surface area contributed by atoms with E-state index < -0.39 is 0 Å². The number of hydrogen-bond donors (Lipinski definition) is 0. The van der Waals surface area contributed by atoms with Crippen LogP contribution < -0.4 is 0 Å². The highest BCUT2D eigenvalue weighted by Gasteiger charge is 2.12. The zero-order valence-corrected chi connectivity index (χ0v) is 14.5. The minimum atomic E-state index is -0.312. The van der Waals surface area contributed by atoms with Crippen molar-refractivity contribution in [3.05, 3.63) is 28.2 Å². The van der Waals surface area contributed by atoms with Gasteiger partial charge in [-0.1, -0.05) is 13.8 Å². The van der Waals surface area contributed by atoms with Gasteiger partial charge in [-0.2, -0.15) is 0 Å². The van der Waals surface area contributed by atoms with Crippen LogP contribution in [0.4, 0.5) is 4.39 Å². The third-order valence-corrected chi connectivity index (χ3v) is 3.96. The Morgan fingerprint density at radius 3 is 2.86 bits per heavy atom. The molecule has 3 nitrogen and oxygen atoms in total. The van der Waals surface area contributed by atoms with Gasteiger partial charge in [-0.05, 0) is 34.3 Å². The third-order valence-electron chi connectivity index (χ3n) is 3.11. The van der Waals surface area contributed by atoms with Crippen LogP contribution in [0.3, 0.4) is 0 Å². The number of aryl methyl sites for hydroxylation is 1. The number of hydrogen-bond acceptors (Lipinski definition) is 2. The Balaban J connectivity index is 2.12. The fourth-order valence-corrected chi connectivity index (χ4v) is 2.70. The Labute approximate surface area is 137 Å². The lowest BCUT2D eigenvalue weighted by Crippen LogP contribution is -2.08. The first-order chi connectivity index (χ1) is 10.0. The van der Waals surface area contributed by atoms with E-state index in [1.54, 1.807) is 6.07 Å². The second kappa shape index (κ2) is 7.56. The van der Waals surface area contributed by atoms with Crippen LogP contribution in [0, 0.1) is 11.7 Å². The van der Waals surface area contributed by atoms with Gasteiger partial charge in [-0.3, -0.25) is 0 Å². The summed E-state index contributed by atoms with van der Waals surface area (Å²) >= 11 is 9.16. The summed E-state index contributed by atoms with van der Waals surface area (Å²) in [7, 11) is 0. The van der Waals surface area contributed by atoms with Gasteiger partial charge in [0.15, 0.2) is 0 Å². The van der Waals surface area contributed by atoms with E-state index in [0.717, 1.165) is 30.9 Å². The molecule has 1 heterocycles. The van der Waals surface area contributed by atoms with Crippen LogP contribution in [-0.4, -0.2) is 22.8 Å². The van der Waals surface area contributed by atoms with E-state index in [2.05, 4.69) is 34.8 Å². The minimum Gasteiger partial charge on any atom is -0.381 e. The van der Waals surface area contributed by atoms with E-state index in [1.807, 2.05) is 4.57 Å². The molecule has 0 aliphatic rings. The summed E-state index contributed by atoms with van der Waals surface area (Å²) in [5.74, 6) is 1.29. The van der Waals surface area contributed by atoms with Gasteiger partial charge < -0.3 is 9.30 Å². The standard InChI is InChI=1S/C15H19BrClFN2O/c1-10(2)9-21-5-3-4-20-14-6-11(16)12(18)7-13(14)19-15(20)8-17/h6-7,10H,3-5,8-9H2,1-2H3. The molecule has 0 saturated carbocycles. The Kier molecular flexibility index (Phi) is 6.02. The van der Waals surface area contributed by atoms with Crippen LogP contribution >= 0.6 is 27.5 Å². The molecule has 0 saturated heterocycles. The van der Waals surface area contributed by atoms with E-state index in [9.17, 15) is 4.39 Å². The molecular weight excluding hydrogens is 359 g/mol. The monoisotopic (exact) mass is 376 g/mol. The number of halogens is 3. The summed E-state index contributed by atoms with van der Waals surface area (Å²) in [5, 5.41) is 0. The average Bonchev–Trinajstić information content (AvgIpc) is 2.76. The smallest absolute Gasteiger partial charge is 0.139 e. The summed E-state index contributed by atoms with van der Waals surface area (Å²) in [6.07, 6.45) is 0.872. The highest BCUT2D eigenvalue weighted by Crippen LogP contribution is 2.25. The molecule has 6 heteroatoms. The van der Waals surface area contributed by atoms with Crippen LogP contribution in [0.25, 0.3) is 11.0 Å². The Morgan fingerprint density at radius 2 is 2.19 bits per heavy atom. The Morgan fingerprint density at radius 1 is 1.43 bits per heavy atom. The van der Waals surface area contributed by atoms with Crippen molar-refractivity contribution in [1.82, 2.24) is 9.55 Å². The molecule has 0 atom stereocenters. The molecule has 0 aliphatic heterocycles. The van der Waals surface area contributed by atoms with E-state index in [4.69, 9.17) is 16.3 Å². The molecule has 21 heavy (non-hydrogen) atoms. The maximum absolute atomic E-state index is 13.6. The van der Waals surface area contributed by atoms with Gasteiger partial charge in [0.1, 0.15) is 11.6 Å². The fraction of sp³-hybridized carbons (Fsp3) is 0.533. The lowest BCUT2D eigenvalue weighted by atomic mass is 10.2. The van der Waals surface area contributed by atoms with Crippen molar-refractivity contribution in [1.29, 1.82) is 0 Å². The zero-order chi connectivity index (χ0) is 15.4. The van der Waals surface area contributed by atoms with Crippen LogP contribution in [0.1, 0.15) is 26.1 Å². The maximum Gasteiger partial charge on any atom is 0.139 e. The largest absolute Gasteiger partial charge is 0.381 e. The molecule has 0 bridgehead atoms. The number of fused-ring (bicyclic) bond motifs is 1. The second-order valence-electron chi connectivity index (χ2n) is 5.39. The number of ether oxygens (including phenoxy) is 1. The number of nitrogens with zero attached hydrogens (tertiary/aromatic N) is 2. The van der Waals surface area contributed by atoms with E-state index in [-0.39, 0.29) is 5.82 Å². The van der Waals surface area contributed by atoms with Gasteiger partial charge in [0.2, 0.25) is 0 Å². The first-order valence-corrected chi connectivity index (χ1v) is 8.33. The number of imidazole rings is 1. The van der Waals surface area contributed by atoms with E-state index in [1.165, 1.54) is 6.07 Å². The fourth-order valence-electron chi connectivity index (χ4n) is 2.17. The van der Waals surface area contributed by atoms with Crippen LogP contribution in [0.2, 0.25) is 0 Å². The molecule has 1 aromatic heterocycles. The third kappa shape index (κ3) is 4.18.